The van der Waals surface area contributed by atoms with E-state index in [1.54, 1.807) is 18.0 Å². The minimum atomic E-state index is -0.221. The van der Waals surface area contributed by atoms with Crippen LogP contribution in [0.25, 0.3) is 0 Å². The summed E-state index contributed by atoms with van der Waals surface area (Å²) < 4.78 is 5.48. The van der Waals surface area contributed by atoms with Gasteiger partial charge in [0.1, 0.15) is 5.76 Å². The lowest BCUT2D eigenvalue weighted by molar-refractivity contribution is -0.116. The number of fused-ring (bicyclic) bond motifs is 1. The Bertz CT molecular complexity index is 795. The van der Waals surface area contributed by atoms with Crippen molar-refractivity contribution in [2.75, 3.05) is 10.2 Å². The first-order chi connectivity index (χ1) is 11.6. The Morgan fingerprint density at radius 1 is 1.46 bits per heavy atom. The molecule has 2 aromatic rings. The summed E-state index contributed by atoms with van der Waals surface area (Å²) in [5.74, 6) is 0.964. The van der Waals surface area contributed by atoms with E-state index in [-0.39, 0.29) is 18.4 Å². The largest absolute Gasteiger partial charge is 0.444 e. The number of oxazole rings is 1. The molecule has 0 unspecified atom stereocenters. The summed E-state index contributed by atoms with van der Waals surface area (Å²) >= 11 is 0. The molecule has 3 rings (SSSR count). The van der Waals surface area contributed by atoms with E-state index < -0.39 is 0 Å². The number of amides is 2. The van der Waals surface area contributed by atoms with Gasteiger partial charge in [-0.25, -0.2) is 4.98 Å². The number of benzene rings is 1. The van der Waals surface area contributed by atoms with Gasteiger partial charge in [-0.3, -0.25) is 9.59 Å². The van der Waals surface area contributed by atoms with Crippen LogP contribution in [0.2, 0.25) is 0 Å². The summed E-state index contributed by atoms with van der Waals surface area (Å²) in [5.41, 5.74) is 2.57. The van der Waals surface area contributed by atoms with Crippen molar-refractivity contribution in [2.45, 2.75) is 32.7 Å². The highest BCUT2D eigenvalue weighted by atomic mass is 16.4. The number of hydrogen-bond acceptors (Lipinski definition) is 4. The van der Waals surface area contributed by atoms with E-state index in [0.717, 1.165) is 29.8 Å². The van der Waals surface area contributed by atoms with Crippen LogP contribution < -0.4 is 10.2 Å². The second-order valence-electron chi connectivity index (χ2n) is 5.72. The van der Waals surface area contributed by atoms with Crippen LogP contribution in [0.3, 0.4) is 0 Å². The summed E-state index contributed by atoms with van der Waals surface area (Å²) in [4.78, 5) is 29.6. The normalized spacial score (nSPS) is 13.6. The van der Waals surface area contributed by atoms with Gasteiger partial charge in [-0.2, -0.15) is 0 Å². The first kappa shape index (κ1) is 16.0. The van der Waals surface area contributed by atoms with Crippen LogP contribution in [-0.4, -0.2) is 16.8 Å². The SMILES string of the molecule is C=CC(=O)N(Cc1cnc(C)o1)c1ccc2c(c1)CCCC(=O)N2. The molecular weight excluding hydrogens is 306 g/mol. The van der Waals surface area contributed by atoms with Crippen molar-refractivity contribution in [1.82, 2.24) is 4.98 Å². The number of hydrogen-bond donors (Lipinski definition) is 1. The average Bonchev–Trinajstić information content (AvgIpc) is 2.88. The number of aromatic nitrogens is 1. The van der Waals surface area contributed by atoms with Gasteiger partial charge in [0.05, 0.1) is 12.7 Å². The summed E-state index contributed by atoms with van der Waals surface area (Å²) in [7, 11) is 0. The van der Waals surface area contributed by atoms with Gasteiger partial charge < -0.3 is 14.6 Å². The number of rotatable bonds is 4. The number of aryl methyl sites for hydroxylation is 2. The summed E-state index contributed by atoms with van der Waals surface area (Å²) in [6.07, 6.45) is 4.98. The summed E-state index contributed by atoms with van der Waals surface area (Å²) in [6.45, 7) is 5.60. The third-order valence-electron chi connectivity index (χ3n) is 3.95. The Morgan fingerprint density at radius 2 is 2.29 bits per heavy atom. The fraction of sp³-hybridized carbons (Fsp3) is 0.278. The van der Waals surface area contributed by atoms with Crippen molar-refractivity contribution in [1.29, 1.82) is 0 Å². The molecule has 0 saturated carbocycles. The quantitative estimate of drug-likeness (QED) is 0.877. The predicted octanol–water partition coefficient (Wildman–Crippen LogP) is 2.98. The fourth-order valence-electron chi connectivity index (χ4n) is 2.77. The fourth-order valence-corrected chi connectivity index (χ4v) is 2.77. The second kappa shape index (κ2) is 6.70. The molecule has 0 radical (unpaired) electrons. The molecule has 0 aliphatic carbocycles. The maximum Gasteiger partial charge on any atom is 0.250 e. The lowest BCUT2D eigenvalue weighted by Gasteiger charge is -2.21. The third kappa shape index (κ3) is 3.37. The van der Waals surface area contributed by atoms with Crippen molar-refractivity contribution in [3.05, 3.63) is 54.3 Å². The molecule has 124 valence electrons. The van der Waals surface area contributed by atoms with E-state index in [1.807, 2.05) is 18.2 Å². The molecule has 1 aliphatic heterocycles. The molecule has 0 fully saturated rings. The topological polar surface area (TPSA) is 75.4 Å². The predicted molar refractivity (Wildman–Crippen MR) is 90.6 cm³/mol. The van der Waals surface area contributed by atoms with E-state index in [9.17, 15) is 9.59 Å². The van der Waals surface area contributed by atoms with Crippen molar-refractivity contribution in [2.24, 2.45) is 0 Å². The Balaban J connectivity index is 1.92. The number of anilines is 2. The molecule has 1 aliphatic rings. The van der Waals surface area contributed by atoms with Gasteiger partial charge in [-0.05, 0) is 42.7 Å². The highest BCUT2D eigenvalue weighted by molar-refractivity contribution is 6.01. The monoisotopic (exact) mass is 325 g/mol. The van der Waals surface area contributed by atoms with Crippen LogP contribution in [0.4, 0.5) is 11.4 Å². The van der Waals surface area contributed by atoms with Crippen LogP contribution in [0.15, 0.2) is 41.5 Å². The van der Waals surface area contributed by atoms with Gasteiger partial charge in [0.2, 0.25) is 5.91 Å². The molecule has 0 bridgehead atoms. The molecule has 1 aromatic heterocycles. The first-order valence-electron chi connectivity index (χ1n) is 7.85. The van der Waals surface area contributed by atoms with Crippen molar-refractivity contribution in [3.63, 3.8) is 0 Å². The van der Waals surface area contributed by atoms with Gasteiger partial charge in [-0.15, -0.1) is 0 Å². The number of carbonyl (C=O) groups excluding carboxylic acids is 2. The van der Waals surface area contributed by atoms with Crippen LogP contribution in [0, 0.1) is 6.92 Å². The molecule has 2 heterocycles. The highest BCUT2D eigenvalue weighted by Gasteiger charge is 2.19. The van der Waals surface area contributed by atoms with Crippen molar-refractivity contribution in [3.8, 4) is 0 Å². The van der Waals surface area contributed by atoms with E-state index in [0.29, 0.717) is 18.1 Å². The lowest BCUT2D eigenvalue weighted by Crippen LogP contribution is -2.28. The Hall–Kier alpha value is -2.89. The van der Waals surface area contributed by atoms with Crippen LogP contribution in [0.5, 0.6) is 0 Å². The van der Waals surface area contributed by atoms with E-state index >= 15 is 0 Å². The zero-order valence-electron chi connectivity index (χ0n) is 13.5. The lowest BCUT2D eigenvalue weighted by atomic mass is 10.1. The van der Waals surface area contributed by atoms with Gasteiger partial charge in [0, 0.05) is 24.7 Å². The molecule has 6 nitrogen and oxygen atoms in total. The van der Waals surface area contributed by atoms with Crippen LogP contribution in [0.1, 0.15) is 30.1 Å². The second-order valence-corrected chi connectivity index (χ2v) is 5.72. The number of nitrogens with one attached hydrogen (secondary N) is 1. The van der Waals surface area contributed by atoms with Gasteiger partial charge in [0.15, 0.2) is 5.89 Å². The van der Waals surface area contributed by atoms with Crippen molar-refractivity contribution < 1.29 is 14.0 Å². The van der Waals surface area contributed by atoms with E-state index in [4.69, 9.17) is 4.42 Å². The van der Waals surface area contributed by atoms with E-state index in [1.165, 1.54) is 6.08 Å². The zero-order chi connectivity index (χ0) is 17.1. The first-order valence-corrected chi connectivity index (χ1v) is 7.85. The van der Waals surface area contributed by atoms with Gasteiger partial charge >= 0.3 is 0 Å². The molecule has 24 heavy (non-hydrogen) atoms. The van der Waals surface area contributed by atoms with Crippen molar-refractivity contribution >= 4 is 23.2 Å². The Morgan fingerprint density at radius 3 is 3.00 bits per heavy atom. The Kier molecular flexibility index (Phi) is 4.46. The number of nitrogens with zero attached hydrogens (tertiary/aromatic N) is 2. The minimum Gasteiger partial charge on any atom is -0.444 e. The van der Waals surface area contributed by atoms with Crippen LogP contribution in [-0.2, 0) is 22.6 Å². The maximum atomic E-state index is 12.3. The number of carbonyl (C=O) groups is 2. The van der Waals surface area contributed by atoms with Gasteiger partial charge in [-0.1, -0.05) is 6.58 Å². The Labute approximate surface area is 140 Å². The molecule has 2 amide bonds. The minimum absolute atomic E-state index is 0.0256. The zero-order valence-corrected chi connectivity index (χ0v) is 13.5. The summed E-state index contributed by atoms with van der Waals surface area (Å²) in [5, 5.41) is 2.89. The molecule has 6 heteroatoms. The van der Waals surface area contributed by atoms with E-state index in [2.05, 4.69) is 16.9 Å². The molecule has 0 spiro atoms. The van der Waals surface area contributed by atoms with Crippen LogP contribution >= 0.6 is 0 Å². The summed E-state index contributed by atoms with van der Waals surface area (Å²) in [6, 6.07) is 5.59. The molecule has 0 atom stereocenters. The molecule has 0 saturated heterocycles. The van der Waals surface area contributed by atoms with Gasteiger partial charge in [0.25, 0.3) is 5.91 Å². The third-order valence-corrected chi connectivity index (χ3v) is 3.95. The molecular formula is C18H19N3O3. The smallest absolute Gasteiger partial charge is 0.250 e. The molecule has 1 N–H and O–H groups in total. The molecule has 1 aromatic carbocycles. The highest BCUT2D eigenvalue weighted by Crippen LogP contribution is 2.28. The maximum absolute atomic E-state index is 12.3. The average molecular weight is 325 g/mol. The standard InChI is InChI=1S/C18H19N3O3/c1-3-18(23)21(11-15-10-19-12(2)24-15)14-7-8-16-13(9-14)5-4-6-17(22)20-16/h3,7-10H,1,4-6,11H2,2H3,(H,20,22).